The lowest BCUT2D eigenvalue weighted by molar-refractivity contribution is -0.123. The molecule has 0 unspecified atom stereocenters. The quantitative estimate of drug-likeness (QED) is 0.702. The molecule has 0 saturated heterocycles. The topological polar surface area (TPSA) is 67.8 Å². The van der Waals surface area contributed by atoms with Crippen LogP contribution in [0.15, 0.2) is 18.5 Å². The summed E-state index contributed by atoms with van der Waals surface area (Å²) in [6.45, 7) is 8.63. The predicted octanol–water partition coefficient (Wildman–Crippen LogP) is 3.91. The van der Waals surface area contributed by atoms with Crippen molar-refractivity contribution in [2.45, 2.75) is 84.6 Å². The van der Waals surface area contributed by atoms with E-state index in [1.54, 1.807) is 18.5 Å². The van der Waals surface area contributed by atoms with Crippen molar-refractivity contribution in [2.75, 3.05) is 0 Å². The molecule has 1 heterocycles. The molecule has 0 radical (unpaired) electrons. The normalized spacial score (nSPS) is 10.5. The Bertz CT molecular complexity index is 339. The van der Waals surface area contributed by atoms with Crippen molar-refractivity contribution in [1.82, 2.24) is 20.7 Å². The Morgan fingerprint density at radius 1 is 1.00 bits per heavy atom. The number of nitrogens with one attached hydrogen (secondary N) is 1. The van der Waals surface area contributed by atoms with Gasteiger partial charge in [0.1, 0.15) is 0 Å². The molecule has 1 amide bonds. The molecule has 0 spiro atoms. The summed E-state index contributed by atoms with van der Waals surface area (Å²) in [5.41, 5.74) is 0.0570. The zero-order valence-electron chi connectivity index (χ0n) is 14.6. The molecule has 0 bridgehead atoms. The maximum Gasteiger partial charge on any atom is 0.220 e. The lowest BCUT2D eigenvalue weighted by Gasteiger charge is -2.33. The second-order valence-electron chi connectivity index (χ2n) is 5.55. The summed E-state index contributed by atoms with van der Waals surface area (Å²) in [6, 6.07) is 1.72. The van der Waals surface area contributed by atoms with Gasteiger partial charge >= 0.3 is 0 Å². The van der Waals surface area contributed by atoms with E-state index < -0.39 is 0 Å². The minimum atomic E-state index is 0.0570. The highest BCUT2D eigenvalue weighted by molar-refractivity contribution is 5.76. The molecule has 1 rings (SSSR count). The van der Waals surface area contributed by atoms with E-state index in [1.807, 2.05) is 0 Å². The highest BCUT2D eigenvalue weighted by Crippen LogP contribution is 2.23. The summed E-state index contributed by atoms with van der Waals surface area (Å²) >= 11 is 0. The molecule has 1 aromatic rings. The first kappa shape index (κ1) is 20.5. The Kier molecular flexibility index (Phi) is 12.3. The van der Waals surface area contributed by atoms with Crippen LogP contribution in [-0.2, 0) is 4.79 Å². The highest BCUT2D eigenvalue weighted by Gasteiger charge is 2.26. The fourth-order valence-electron chi connectivity index (χ4n) is 2.35. The van der Waals surface area contributed by atoms with Crippen LogP contribution in [0.4, 0.5) is 0 Å². The molecule has 0 saturated carbocycles. The van der Waals surface area contributed by atoms with Gasteiger partial charge in [0.2, 0.25) is 5.91 Å². The lowest BCUT2D eigenvalue weighted by Crippen LogP contribution is -2.47. The maximum absolute atomic E-state index is 11.7. The van der Waals surface area contributed by atoms with Crippen LogP contribution in [0, 0.1) is 0 Å². The Balaban J connectivity index is 0.000000604. The monoisotopic (exact) mass is 308 g/mol. The van der Waals surface area contributed by atoms with Gasteiger partial charge < -0.3 is 5.32 Å². The lowest BCUT2D eigenvalue weighted by atomic mass is 9.86. The van der Waals surface area contributed by atoms with E-state index in [9.17, 15) is 4.79 Å². The summed E-state index contributed by atoms with van der Waals surface area (Å²) in [4.78, 5) is 11.7. The molecular formula is C17H32N4O. The van der Waals surface area contributed by atoms with Crippen molar-refractivity contribution in [2.24, 2.45) is 0 Å². The third-order valence-corrected chi connectivity index (χ3v) is 3.90. The summed E-state index contributed by atoms with van der Waals surface area (Å²) in [6.07, 6.45) is 11.7. The van der Waals surface area contributed by atoms with Gasteiger partial charge in [-0.05, 0) is 37.0 Å². The van der Waals surface area contributed by atoms with Gasteiger partial charge in [0.05, 0.1) is 12.4 Å². The SMILES string of the molecule is CCCCCC(CC)(CC)NC(=O)CCC.c1cnnnc1. The number of hydrogen-bond donors (Lipinski definition) is 1. The fourth-order valence-corrected chi connectivity index (χ4v) is 2.35. The second-order valence-corrected chi connectivity index (χ2v) is 5.55. The van der Waals surface area contributed by atoms with E-state index in [4.69, 9.17) is 0 Å². The molecule has 0 aliphatic carbocycles. The molecular weight excluding hydrogens is 276 g/mol. The summed E-state index contributed by atoms with van der Waals surface area (Å²) < 4.78 is 0. The fraction of sp³-hybridized carbons (Fsp3) is 0.765. The third kappa shape index (κ3) is 9.42. The average Bonchev–Trinajstić information content (AvgIpc) is 2.56. The van der Waals surface area contributed by atoms with Crippen molar-refractivity contribution in [3.63, 3.8) is 0 Å². The van der Waals surface area contributed by atoms with Gasteiger partial charge in [-0.25, -0.2) is 0 Å². The zero-order valence-corrected chi connectivity index (χ0v) is 14.6. The van der Waals surface area contributed by atoms with Crippen LogP contribution in [0.2, 0.25) is 0 Å². The summed E-state index contributed by atoms with van der Waals surface area (Å²) in [5.74, 6) is 0.225. The molecule has 1 aromatic heterocycles. The van der Waals surface area contributed by atoms with Crippen LogP contribution in [0.5, 0.6) is 0 Å². The number of unbranched alkanes of at least 4 members (excludes halogenated alkanes) is 2. The second kappa shape index (κ2) is 13.2. The molecule has 0 aliphatic heterocycles. The smallest absolute Gasteiger partial charge is 0.220 e. The van der Waals surface area contributed by atoms with Gasteiger partial charge in [0, 0.05) is 12.0 Å². The van der Waals surface area contributed by atoms with E-state index in [2.05, 4.69) is 48.4 Å². The Labute approximate surface area is 135 Å². The van der Waals surface area contributed by atoms with Crippen LogP contribution in [-0.4, -0.2) is 26.9 Å². The minimum Gasteiger partial charge on any atom is -0.351 e. The summed E-state index contributed by atoms with van der Waals surface area (Å²) in [5, 5.41) is 13.4. The van der Waals surface area contributed by atoms with Gasteiger partial charge in [-0.15, -0.1) is 10.2 Å². The average molecular weight is 308 g/mol. The zero-order chi connectivity index (χ0) is 16.7. The first-order chi connectivity index (χ1) is 10.6. The first-order valence-electron chi connectivity index (χ1n) is 8.53. The van der Waals surface area contributed by atoms with Gasteiger partial charge in [0.15, 0.2) is 0 Å². The molecule has 126 valence electrons. The molecule has 5 heteroatoms. The minimum absolute atomic E-state index is 0.0570. The van der Waals surface area contributed by atoms with Crippen molar-refractivity contribution in [3.8, 4) is 0 Å². The Hall–Kier alpha value is -1.52. The van der Waals surface area contributed by atoms with Crippen LogP contribution < -0.4 is 5.32 Å². The van der Waals surface area contributed by atoms with E-state index in [1.165, 1.54) is 19.3 Å². The highest BCUT2D eigenvalue weighted by atomic mass is 16.1. The van der Waals surface area contributed by atoms with Crippen molar-refractivity contribution in [1.29, 1.82) is 0 Å². The summed E-state index contributed by atoms with van der Waals surface area (Å²) in [7, 11) is 0. The predicted molar refractivity (Wildman–Crippen MR) is 90.3 cm³/mol. The molecule has 0 fully saturated rings. The van der Waals surface area contributed by atoms with Crippen LogP contribution in [0.3, 0.4) is 0 Å². The van der Waals surface area contributed by atoms with Gasteiger partial charge in [-0.2, -0.15) is 0 Å². The Morgan fingerprint density at radius 3 is 2.00 bits per heavy atom. The van der Waals surface area contributed by atoms with Crippen LogP contribution in [0.1, 0.15) is 79.1 Å². The number of hydrogen-bond acceptors (Lipinski definition) is 4. The first-order valence-corrected chi connectivity index (χ1v) is 8.53. The molecule has 1 N–H and O–H groups in total. The van der Waals surface area contributed by atoms with Crippen molar-refractivity contribution in [3.05, 3.63) is 18.5 Å². The molecule has 0 aliphatic rings. The molecule has 0 atom stereocenters. The van der Waals surface area contributed by atoms with Gasteiger partial charge in [-0.1, -0.05) is 47.0 Å². The third-order valence-electron chi connectivity index (χ3n) is 3.90. The molecule has 0 aromatic carbocycles. The van der Waals surface area contributed by atoms with Crippen LogP contribution >= 0.6 is 0 Å². The van der Waals surface area contributed by atoms with Gasteiger partial charge in [0.25, 0.3) is 0 Å². The molecule has 22 heavy (non-hydrogen) atoms. The van der Waals surface area contributed by atoms with E-state index in [0.717, 1.165) is 25.7 Å². The number of rotatable bonds is 9. The van der Waals surface area contributed by atoms with E-state index >= 15 is 0 Å². The van der Waals surface area contributed by atoms with Crippen molar-refractivity contribution >= 4 is 5.91 Å². The number of carbonyl (C=O) groups excluding carboxylic acids is 1. The molecule has 5 nitrogen and oxygen atoms in total. The largest absolute Gasteiger partial charge is 0.351 e. The number of amides is 1. The van der Waals surface area contributed by atoms with E-state index in [0.29, 0.717) is 6.42 Å². The van der Waals surface area contributed by atoms with E-state index in [-0.39, 0.29) is 11.4 Å². The number of aromatic nitrogens is 3. The Morgan fingerprint density at radius 2 is 1.64 bits per heavy atom. The number of nitrogens with zero attached hydrogens (tertiary/aromatic N) is 3. The van der Waals surface area contributed by atoms with Crippen molar-refractivity contribution < 1.29 is 4.79 Å². The number of carbonyl (C=O) groups is 1. The van der Waals surface area contributed by atoms with Gasteiger partial charge in [-0.3, -0.25) is 4.79 Å². The maximum atomic E-state index is 11.7. The van der Waals surface area contributed by atoms with Crippen LogP contribution in [0.25, 0.3) is 0 Å². The standard InChI is InChI=1S/C14H29NO.C3H3N3/c1-5-9-10-12-14(7-3,8-4)15-13(16)11-6-2;1-2-4-6-5-3-1/h5-12H2,1-4H3,(H,15,16);1-3H.